The highest BCUT2D eigenvalue weighted by Crippen LogP contribution is 2.31. The van der Waals surface area contributed by atoms with Crippen LogP contribution < -0.4 is 9.47 Å². The summed E-state index contributed by atoms with van der Waals surface area (Å²) in [5, 5.41) is 0. The maximum atomic E-state index is 12.2. The lowest BCUT2D eigenvalue weighted by Crippen LogP contribution is -2.20. The molecule has 1 aromatic rings. The first-order valence-corrected chi connectivity index (χ1v) is 7.09. The number of hydrogen-bond acceptors (Lipinski definition) is 3. The van der Waals surface area contributed by atoms with Gasteiger partial charge >= 0.3 is 0 Å². The Kier molecular flexibility index (Phi) is 4.27. The molecule has 0 aliphatic carbocycles. The van der Waals surface area contributed by atoms with E-state index in [0.717, 1.165) is 12.2 Å². The molecule has 1 aromatic carbocycles. The van der Waals surface area contributed by atoms with Gasteiger partial charge in [0.25, 0.3) is 0 Å². The molecule has 0 fully saturated rings. The maximum absolute atomic E-state index is 12.2. The number of carbonyl (C=O) groups is 1. The highest BCUT2D eigenvalue weighted by Gasteiger charge is 2.22. The van der Waals surface area contributed by atoms with Crippen molar-refractivity contribution in [1.82, 2.24) is 0 Å². The van der Waals surface area contributed by atoms with Crippen LogP contribution in [0.5, 0.6) is 11.5 Å². The number of alkyl halides is 1. The maximum Gasteiger partial charge on any atom is 0.176 e. The molecule has 3 nitrogen and oxygen atoms in total. The Labute approximate surface area is 116 Å². The van der Waals surface area contributed by atoms with Crippen LogP contribution in [0.2, 0.25) is 0 Å². The number of fused-ring (bicyclic) bond motifs is 1. The predicted molar refractivity (Wildman–Crippen MR) is 73.9 cm³/mol. The van der Waals surface area contributed by atoms with Gasteiger partial charge in [-0.3, -0.25) is 4.79 Å². The zero-order valence-electron chi connectivity index (χ0n) is 10.6. The fourth-order valence-corrected chi connectivity index (χ4v) is 2.04. The predicted octanol–water partition coefficient (Wildman–Crippen LogP) is 3.45. The summed E-state index contributed by atoms with van der Waals surface area (Å²) in [6.07, 6.45) is 0.866. The first kappa shape index (κ1) is 13.4. The number of ether oxygens (including phenoxy) is 2. The van der Waals surface area contributed by atoms with E-state index >= 15 is 0 Å². The molecule has 18 heavy (non-hydrogen) atoms. The molecule has 1 unspecified atom stereocenters. The summed E-state index contributed by atoms with van der Waals surface area (Å²) in [5.41, 5.74) is 0.662. The van der Waals surface area contributed by atoms with Crippen LogP contribution in [-0.2, 0) is 0 Å². The molecule has 2 rings (SSSR count). The topological polar surface area (TPSA) is 35.5 Å². The van der Waals surface area contributed by atoms with Crippen LogP contribution >= 0.6 is 15.9 Å². The standard InChI is InChI=1S/C14H17BrO3/c1-9(2)13(15)14(16)10-4-5-11-12(8-10)18-7-3-6-17-11/h4-5,8-9,13H,3,6-7H2,1-2H3. The largest absolute Gasteiger partial charge is 0.490 e. The summed E-state index contributed by atoms with van der Waals surface area (Å²) in [6.45, 7) is 5.32. The van der Waals surface area contributed by atoms with Gasteiger partial charge in [-0.1, -0.05) is 29.8 Å². The first-order valence-electron chi connectivity index (χ1n) is 6.17. The Balaban J connectivity index is 2.25. The minimum Gasteiger partial charge on any atom is -0.490 e. The lowest BCUT2D eigenvalue weighted by atomic mass is 10.0. The second-order valence-electron chi connectivity index (χ2n) is 4.72. The molecular formula is C14H17BrO3. The minimum absolute atomic E-state index is 0.0839. The summed E-state index contributed by atoms with van der Waals surface area (Å²) < 4.78 is 11.1. The lowest BCUT2D eigenvalue weighted by Gasteiger charge is -2.14. The molecule has 0 saturated carbocycles. The molecule has 0 saturated heterocycles. The van der Waals surface area contributed by atoms with Crippen molar-refractivity contribution in [1.29, 1.82) is 0 Å². The van der Waals surface area contributed by atoms with Gasteiger partial charge in [0.1, 0.15) is 0 Å². The number of Topliss-reactive ketones (excluding diaryl/α,β-unsaturated/α-hetero) is 1. The highest BCUT2D eigenvalue weighted by atomic mass is 79.9. The molecular weight excluding hydrogens is 296 g/mol. The van der Waals surface area contributed by atoms with E-state index in [4.69, 9.17) is 9.47 Å². The molecule has 1 aliphatic rings. The van der Waals surface area contributed by atoms with Gasteiger partial charge in [0, 0.05) is 12.0 Å². The molecule has 1 atom stereocenters. The smallest absolute Gasteiger partial charge is 0.176 e. The molecule has 1 aliphatic heterocycles. The highest BCUT2D eigenvalue weighted by molar-refractivity contribution is 9.10. The molecule has 0 aromatic heterocycles. The van der Waals surface area contributed by atoms with Crippen molar-refractivity contribution in [3.8, 4) is 11.5 Å². The fourth-order valence-electron chi connectivity index (χ4n) is 1.78. The summed E-state index contributed by atoms with van der Waals surface area (Å²) in [7, 11) is 0. The van der Waals surface area contributed by atoms with Crippen molar-refractivity contribution in [3.63, 3.8) is 0 Å². The number of ketones is 1. The van der Waals surface area contributed by atoms with Crippen LogP contribution in [0.1, 0.15) is 30.6 Å². The molecule has 0 bridgehead atoms. The summed E-state index contributed by atoms with van der Waals surface area (Å²) in [5.74, 6) is 1.73. The van der Waals surface area contributed by atoms with E-state index < -0.39 is 0 Å². The van der Waals surface area contributed by atoms with Crippen LogP contribution in [0.15, 0.2) is 18.2 Å². The average molecular weight is 313 g/mol. The third-order valence-electron chi connectivity index (χ3n) is 2.87. The molecule has 0 radical (unpaired) electrons. The molecule has 4 heteroatoms. The average Bonchev–Trinajstić information content (AvgIpc) is 2.60. The SMILES string of the molecule is CC(C)C(Br)C(=O)c1ccc2c(c1)OCCCO2. The molecule has 0 amide bonds. The zero-order chi connectivity index (χ0) is 13.1. The summed E-state index contributed by atoms with van der Waals surface area (Å²) >= 11 is 3.43. The number of carbonyl (C=O) groups excluding carboxylic acids is 1. The van der Waals surface area contributed by atoms with Crippen LogP contribution in [-0.4, -0.2) is 23.8 Å². The normalized spacial score (nSPS) is 16.2. The van der Waals surface area contributed by atoms with E-state index in [-0.39, 0.29) is 16.5 Å². The number of benzene rings is 1. The molecule has 1 heterocycles. The van der Waals surface area contributed by atoms with Crippen LogP contribution in [0.4, 0.5) is 0 Å². The lowest BCUT2D eigenvalue weighted by molar-refractivity contribution is 0.0977. The van der Waals surface area contributed by atoms with E-state index in [1.54, 1.807) is 12.1 Å². The quantitative estimate of drug-likeness (QED) is 0.633. The number of hydrogen-bond donors (Lipinski definition) is 0. The van der Waals surface area contributed by atoms with Gasteiger partial charge in [-0.25, -0.2) is 0 Å². The Hall–Kier alpha value is -1.03. The number of rotatable bonds is 3. The Morgan fingerprint density at radius 1 is 1.22 bits per heavy atom. The zero-order valence-corrected chi connectivity index (χ0v) is 12.2. The van der Waals surface area contributed by atoms with E-state index in [0.29, 0.717) is 24.5 Å². The Morgan fingerprint density at radius 3 is 2.56 bits per heavy atom. The summed E-state index contributed by atoms with van der Waals surface area (Å²) in [4.78, 5) is 12.1. The van der Waals surface area contributed by atoms with E-state index in [1.165, 1.54) is 0 Å². The minimum atomic E-state index is -0.165. The second kappa shape index (κ2) is 5.74. The van der Waals surface area contributed by atoms with Gasteiger partial charge in [-0.15, -0.1) is 0 Å². The van der Waals surface area contributed by atoms with Crippen molar-refractivity contribution in [3.05, 3.63) is 23.8 Å². The third kappa shape index (κ3) is 2.86. The van der Waals surface area contributed by atoms with Crippen molar-refractivity contribution in [2.24, 2.45) is 5.92 Å². The summed E-state index contributed by atoms with van der Waals surface area (Å²) in [6, 6.07) is 5.39. The van der Waals surface area contributed by atoms with Crippen molar-refractivity contribution in [2.75, 3.05) is 13.2 Å². The monoisotopic (exact) mass is 312 g/mol. The van der Waals surface area contributed by atoms with Gasteiger partial charge in [-0.2, -0.15) is 0 Å². The third-order valence-corrected chi connectivity index (χ3v) is 4.34. The van der Waals surface area contributed by atoms with Crippen molar-refractivity contribution in [2.45, 2.75) is 25.1 Å². The van der Waals surface area contributed by atoms with Gasteiger partial charge < -0.3 is 9.47 Å². The van der Waals surface area contributed by atoms with Gasteiger partial charge in [0.05, 0.1) is 18.0 Å². The molecule has 0 N–H and O–H groups in total. The van der Waals surface area contributed by atoms with Crippen LogP contribution in [0.3, 0.4) is 0 Å². The van der Waals surface area contributed by atoms with Crippen molar-refractivity contribution < 1.29 is 14.3 Å². The van der Waals surface area contributed by atoms with Gasteiger partial charge in [0.15, 0.2) is 17.3 Å². The van der Waals surface area contributed by atoms with Gasteiger partial charge in [0.2, 0.25) is 0 Å². The van der Waals surface area contributed by atoms with E-state index in [9.17, 15) is 4.79 Å². The Morgan fingerprint density at radius 2 is 1.89 bits per heavy atom. The molecule has 0 spiro atoms. The molecule has 98 valence electrons. The number of halogens is 1. The van der Waals surface area contributed by atoms with Crippen LogP contribution in [0.25, 0.3) is 0 Å². The van der Waals surface area contributed by atoms with Gasteiger partial charge in [-0.05, 0) is 24.1 Å². The van der Waals surface area contributed by atoms with Crippen molar-refractivity contribution >= 4 is 21.7 Å². The van der Waals surface area contributed by atoms with E-state index in [2.05, 4.69) is 15.9 Å². The van der Waals surface area contributed by atoms with Crippen LogP contribution in [0, 0.1) is 5.92 Å². The fraction of sp³-hybridized carbons (Fsp3) is 0.500. The van der Waals surface area contributed by atoms with E-state index in [1.807, 2.05) is 19.9 Å². The Bertz CT molecular complexity index is 443. The first-order chi connectivity index (χ1) is 8.59. The second-order valence-corrected chi connectivity index (χ2v) is 5.71.